The lowest BCUT2D eigenvalue weighted by Crippen LogP contribution is -2.66. The van der Waals surface area contributed by atoms with Gasteiger partial charge in [0, 0.05) is 37.5 Å². The summed E-state index contributed by atoms with van der Waals surface area (Å²) in [5, 5.41) is 0. The first kappa shape index (κ1) is 13.2. The second-order valence-corrected chi connectivity index (χ2v) is 5.26. The first-order valence-electron chi connectivity index (χ1n) is 6.54. The molecule has 4 heteroatoms. The van der Waals surface area contributed by atoms with Crippen molar-refractivity contribution in [3.63, 3.8) is 0 Å². The average molecular weight is 254 g/mol. The van der Waals surface area contributed by atoms with Gasteiger partial charge in [-0.25, -0.2) is 13.8 Å². The molecule has 18 heavy (non-hydrogen) atoms. The Hall–Kier alpha value is -1.19. The van der Waals surface area contributed by atoms with Gasteiger partial charge in [-0.3, -0.25) is 0 Å². The smallest absolute Gasteiger partial charge is 0.249 e. The number of pyridine rings is 1. The van der Waals surface area contributed by atoms with Gasteiger partial charge in [-0.2, -0.15) is 0 Å². The van der Waals surface area contributed by atoms with Crippen molar-refractivity contribution in [2.75, 3.05) is 18.0 Å². The third kappa shape index (κ3) is 2.33. The fourth-order valence-electron chi connectivity index (χ4n) is 2.84. The van der Waals surface area contributed by atoms with Gasteiger partial charge in [0.15, 0.2) is 0 Å². The van der Waals surface area contributed by atoms with E-state index in [9.17, 15) is 8.78 Å². The molecule has 0 atom stereocenters. The SMILES string of the molecule is CC.Cc1ccc(N2CC3(C2)CC(F)(F)C3)nc1. The Morgan fingerprint density at radius 3 is 2.22 bits per heavy atom. The summed E-state index contributed by atoms with van der Waals surface area (Å²) in [6.07, 6.45) is 1.93. The molecule has 0 unspecified atom stereocenters. The van der Waals surface area contributed by atoms with Crippen LogP contribution in [0, 0.1) is 12.3 Å². The fraction of sp³-hybridized carbons (Fsp3) is 0.643. The average Bonchev–Trinajstić information content (AvgIpc) is 2.26. The Bertz CT molecular complexity index is 398. The maximum Gasteiger partial charge on any atom is 0.249 e. The highest BCUT2D eigenvalue weighted by Gasteiger charge is 2.61. The number of anilines is 1. The summed E-state index contributed by atoms with van der Waals surface area (Å²) in [4.78, 5) is 6.38. The van der Waals surface area contributed by atoms with Crippen LogP contribution in [0.5, 0.6) is 0 Å². The van der Waals surface area contributed by atoms with Gasteiger partial charge >= 0.3 is 0 Å². The molecule has 1 aromatic heterocycles. The van der Waals surface area contributed by atoms with E-state index in [4.69, 9.17) is 0 Å². The van der Waals surface area contributed by atoms with E-state index in [1.807, 2.05) is 39.1 Å². The van der Waals surface area contributed by atoms with Crippen LogP contribution in [0.25, 0.3) is 0 Å². The molecule has 0 amide bonds. The summed E-state index contributed by atoms with van der Waals surface area (Å²) < 4.78 is 25.6. The quantitative estimate of drug-likeness (QED) is 0.760. The van der Waals surface area contributed by atoms with Crippen LogP contribution in [0.1, 0.15) is 32.3 Å². The molecule has 2 aliphatic rings. The van der Waals surface area contributed by atoms with Gasteiger partial charge in [0.25, 0.3) is 0 Å². The Morgan fingerprint density at radius 2 is 1.78 bits per heavy atom. The molecule has 1 saturated carbocycles. The van der Waals surface area contributed by atoms with Gasteiger partial charge in [-0.1, -0.05) is 19.9 Å². The number of hydrogen-bond donors (Lipinski definition) is 0. The lowest BCUT2D eigenvalue weighted by Gasteiger charge is -2.59. The number of halogens is 2. The minimum atomic E-state index is -2.41. The number of rotatable bonds is 1. The molecule has 1 spiro atoms. The molecule has 0 aromatic carbocycles. The van der Waals surface area contributed by atoms with Crippen molar-refractivity contribution in [1.82, 2.24) is 4.98 Å². The minimum Gasteiger partial charge on any atom is -0.355 e. The summed E-state index contributed by atoms with van der Waals surface area (Å²) in [7, 11) is 0. The van der Waals surface area contributed by atoms with Crippen LogP contribution in [0.15, 0.2) is 18.3 Å². The van der Waals surface area contributed by atoms with Crippen molar-refractivity contribution < 1.29 is 8.78 Å². The van der Waals surface area contributed by atoms with Crippen LogP contribution in [-0.4, -0.2) is 24.0 Å². The molecule has 1 aromatic rings. The number of alkyl halides is 2. The fourth-order valence-corrected chi connectivity index (χ4v) is 2.84. The molecule has 1 saturated heterocycles. The largest absolute Gasteiger partial charge is 0.355 e. The van der Waals surface area contributed by atoms with Gasteiger partial charge in [0.1, 0.15) is 5.82 Å². The zero-order chi connectivity index (χ0) is 13.4. The van der Waals surface area contributed by atoms with Crippen LogP contribution in [-0.2, 0) is 0 Å². The molecule has 2 heterocycles. The molecular weight excluding hydrogens is 234 g/mol. The molecule has 100 valence electrons. The molecule has 3 rings (SSSR count). The maximum absolute atomic E-state index is 12.8. The maximum atomic E-state index is 12.8. The highest BCUT2D eigenvalue weighted by Crippen LogP contribution is 2.57. The van der Waals surface area contributed by atoms with E-state index >= 15 is 0 Å². The van der Waals surface area contributed by atoms with E-state index in [0.717, 1.165) is 24.5 Å². The van der Waals surface area contributed by atoms with E-state index in [1.54, 1.807) is 0 Å². The Morgan fingerprint density at radius 1 is 1.17 bits per heavy atom. The Kier molecular flexibility index (Phi) is 3.30. The van der Waals surface area contributed by atoms with Gasteiger partial charge in [0.05, 0.1) is 0 Å². The van der Waals surface area contributed by atoms with Gasteiger partial charge in [-0.05, 0) is 18.6 Å². The summed E-state index contributed by atoms with van der Waals surface area (Å²) in [6.45, 7) is 7.46. The summed E-state index contributed by atoms with van der Waals surface area (Å²) in [5.74, 6) is -1.50. The van der Waals surface area contributed by atoms with Crippen molar-refractivity contribution in [3.05, 3.63) is 23.9 Å². The predicted molar refractivity (Wildman–Crippen MR) is 69.1 cm³/mol. The molecular formula is C14H20F2N2. The van der Waals surface area contributed by atoms with Crippen LogP contribution in [0.3, 0.4) is 0 Å². The number of aryl methyl sites for hydroxylation is 1. The first-order valence-corrected chi connectivity index (χ1v) is 6.54. The number of aromatic nitrogens is 1. The highest BCUT2D eigenvalue weighted by molar-refractivity contribution is 5.44. The highest BCUT2D eigenvalue weighted by atomic mass is 19.3. The molecule has 0 N–H and O–H groups in total. The third-order valence-electron chi connectivity index (χ3n) is 3.54. The van der Waals surface area contributed by atoms with Crippen LogP contribution >= 0.6 is 0 Å². The van der Waals surface area contributed by atoms with Crippen LogP contribution in [0.4, 0.5) is 14.6 Å². The first-order chi connectivity index (χ1) is 8.48. The Balaban J connectivity index is 0.000000574. The second-order valence-electron chi connectivity index (χ2n) is 5.26. The number of nitrogens with zero attached hydrogens (tertiary/aromatic N) is 2. The molecule has 0 bridgehead atoms. The van der Waals surface area contributed by atoms with E-state index in [2.05, 4.69) is 9.88 Å². The van der Waals surface area contributed by atoms with Crippen LogP contribution in [0.2, 0.25) is 0 Å². The van der Waals surface area contributed by atoms with Crippen molar-refractivity contribution in [3.8, 4) is 0 Å². The van der Waals surface area contributed by atoms with E-state index in [1.165, 1.54) is 0 Å². The Labute approximate surface area is 107 Å². The lowest BCUT2D eigenvalue weighted by molar-refractivity contribution is -0.170. The minimum absolute atomic E-state index is 0.0579. The lowest BCUT2D eigenvalue weighted by atomic mass is 9.61. The van der Waals surface area contributed by atoms with Crippen molar-refractivity contribution in [2.24, 2.45) is 5.41 Å². The second kappa shape index (κ2) is 4.48. The zero-order valence-corrected chi connectivity index (χ0v) is 11.2. The zero-order valence-electron chi connectivity index (χ0n) is 11.2. The van der Waals surface area contributed by atoms with Gasteiger partial charge in [-0.15, -0.1) is 0 Å². The predicted octanol–water partition coefficient (Wildman–Crippen LogP) is 3.65. The van der Waals surface area contributed by atoms with E-state index in [0.29, 0.717) is 0 Å². The molecule has 0 radical (unpaired) electrons. The van der Waals surface area contributed by atoms with E-state index in [-0.39, 0.29) is 18.3 Å². The molecule has 2 fully saturated rings. The van der Waals surface area contributed by atoms with Crippen molar-refractivity contribution in [2.45, 2.75) is 39.5 Å². The summed E-state index contributed by atoms with van der Waals surface area (Å²) >= 11 is 0. The van der Waals surface area contributed by atoms with Crippen molar-refractivity contribution >= 4 is 5.82 Å². The third-order valence-corrected chi connectivity index (χ3v) is 3.54. The van der Waals surface area contributed by atoms with Crippen molar-refractivity contribution in [1.29, 1.82) is 0 Å². The van der Waals surface area contributed by atoms with E-state index < -0.39 is 5.92 Å². The van der Waals surface area contributed by atoms with Gasteiger partial charge < -0.3 is 4.90 Å². The molecule has 2 nitrogen and oxygen atoms in total. The summed E-state index contributed by atoms with van der Waals surface area (Å²) in [6, 6.07) is 3.96. The number of hydrogen-bond acceptors (Lipinski definition) is 2. The normalized spacial score (nSPS) is 22.6. The molecule has 1 aliphatic carbocycles. The topological polar surface area (TPSA) is 16.1 Å². The van der Waals surface area contributed by atoms with Gasteiger partial charge in [0.2, 0.25) is 5.92 Å². The standard InChI is InChI=1S/C12H14F2N2.C2H6/c1-9-2-3-10(15-4-9)16-7-11(8-16)5-12(13,14)6-11;1-2/h2-4H,5-8H2,1H3;1-2H3. The monoisotopic (exact) mass is 254 g/mol. The van der Waals surface area contributed by atoms with Crippen LogP contribution < -0.4 is 4.90 Å². The summed E-state index contributed by atoms with van der Waals surface area (Å²) in [5.41, 5.74) is 1.00. The molecule has 1 aliphatic heterocycles.